The second-order valence-electron chi connectivity index (χ2n) is 3.36. The molecule has 0 unspecified atom stereocenters. The van der Waals surface area contributed by atoms with E-state index in [-0.39, 0.29) is 17.9 Å². The highest BCUT2D eigenvalue weighted by Crippen LogP contribution is 2.37. The highest BCUT2D eigenvalue weighted by Gasteiger charge is 2.34. The smallest absolute Gasteiger partial charge is 0.419 e. The first-order chi connectivity index (χ1) is 8.34. The number of hydrogen-bond acceptors (Lipinski definition) is 2. The molecule has 0 aliphatic carbocycles. The minimum Gasteiger partial charge on any atom is -0.493 e. The first kappa shape index (κ1) is 14.1. The van der Waals surface area contributed by atoms with Crippen molar-refractivity contribution in [2.75, 3.05) is 6.61 Å². The van der Waals surface area contributed by atoms with E-state index in [2.05, 4.69) is 0 Å². The second kappa shape index (κ2) is 5.57. The third-order valence-electron chi connectivity index (χ3n) is 2.03. The third-order valence-corrected chi connectivity index (χ3v) is 2.03. The summed E-state index contributed by atoms with van der Waals surface area (Å²) in [6.07, 6.45) is -2.68. The minimum atomic E-state index is -4.54. The van der Waals surface area contributed by atoms with E-state index in [1.807, 2.05) is 0 Å². The van der Waals surface area contributed by atoms with Gasteiger partial charge < -0.3 is 9.84 Å². The summed E-state index contributed by atoms with van der Waals surface area (Å²) < 4.78 is 43.1. The van der Waals surface area contributed by atoms with Crippen molar-refractivity contribution in [2.24, 2.45) is 0 Å². The fourth-order valence-electron chi connectivity index (χ4n) is 1.32. The molecule has 0 saturated heterocycles. The van der Waals surface area contributed by atoms with Gasteiger partial charge in [-0.05, 0) is 30.7 Å². The van der Waals surface area contributed by atoms with Gasteiger partial charge in [-0.1, -0.05) is 6.07 Å². The molecule has 0 atom stereocenters. The predicted molar refractivity (Wildman–Crippen MR) is 59.3 cm³/mol. The first-order valence-corrected chi connectivity index (χ1v) is 5.09. The molecule has 0 spiro atoms. The van der Waals surface area contributed by atoms with Crippen molar-refractivity contribution in [2.45, 2.75) is 13.1 Å². The molecule has 0 saturated carbocycles. The molecule has 0 aliphatic heterocycles. The molecule has 0 heterocycles. The van der Waals surface area contributed by atoms with E-state index < -0.39 is 17.7 Å². The van der Waals surface area contributed by atoms with E-state index in [0.29, 0.717) is 0 Å². The Morgan fingerprint density at radius 2 is 2.11 bits per heavy atom. The van der Waals surface area contributed by atoms with Gasteiger partial charge in [0.05, 0.1) is 12.2 Å². The summed E-state index contributed by atoms with van der Waals surface area (Å²) in [7, 11) is 0. The maximum atomic E-state index is 12.7. The van der Waals surface area contributed by atoms with Gasteiger partial charge in [0.15, 0.2) is 0 Å². The normalized spacial score (nSPS) is 11.8. The number of hydrogen-bond donors (Lipinski definition) is 1. The summed E-state index contributed by atoms with van der Waals surface area (Å²) in [5, 5.41) is 8.41. The number of carboxylic acid groups (broad SMARTS) is 1. The molecule has 0 amide bonds. The minimum absolute atomic E-state index is 0.118. The molecule has 0 aromatic heterocycles. The lowest BCUT2D eigenvalue weighted by molar-refractivity contribution is -0.139. The summed E-state index contributed by atoms with van der Waals surface area (Å²) in [5.74, 6) is -1.49. The number of carbonyl (C=O) groups is 1. The van der Waals surface area contributed by atoms with Crippen molar-refractivity contribution in [1.29, 1.82) is 0 Å². The Morgan fingerprint density at radius 3 is 2.61 bits per heavy atom. The number of carboxylic acids is 1. The number of halogens is 3. The first-order valence-electron chi connectivity index (χ1n) is 5.09. The van der Waals surface area contributed by atoms with Crippen LogP contribution in [0.15, 0.2) is 24.3 Å². The molecule has 1 rings (SSSR count). The third kappa shape index (κ3) is 3.80. The molecule has 0 fully saturated rings. The largest absolute Gasteiger partial charge is 0.493 e. The van der Waals surface area contributed by atoms with Crippen LogP contribution in [0.2, 0.25) is 0 Å². The Bertz CT molecular complexity index is 464. The highest BCUT2D eigenvalue weighted by atomic mass is 19.4. The van der Waals surface area contributed by atoms with Crippen molar-refractivity contribution < 1.29 is 27.8 Å². The average molecular weight is 260 g/mol. The average Bonchev–Trinajstić information content (AvgIpc) is 2.26. The van der Waals surface area contributed by atoms with E-state index in [1.54, 1.807) is 6.92 Å². The van der Waals surface area contributed by atoms with Crippen LogP contribution in [0.4, 0.5) is 13.2 Å². The maximum absolute atomic E-state index is 12.7. The van der Waals surface area contributed by atoms with Gasteiger partial charge in [-0.3, -0.25) is 0 Å². The van der Waals surface area contributed by atoms with Gasteiger partial charge in [-0.15, -0.1) is 0 Å². The molecule has 98 valence electrons. The van der Waals surface area contributed by atoms with Crippen LogP contribution >= 0.6 is 0 Å². The SMILES string of the molecule is CCOc1ccc(C=CC(=O)O)cc1C(F)(F)F. The number of ether oxygens (including phenoxy) is 1. The number of benzene rings is 1. The lowest BCUT2D eigenvalue weighted by Gasteiger charge is -2.13. The molecule has 0 bridgehead atoms. The zero-order valence-electron chi connectivity index (χ0n) is 9.49. The van der Waals surface area contributed by atoms with Crippen LogP contribution in [0.25, 0.3) is 6.08 Å². The molecular weight excluding hydrogens is 249 g/mol. The molecule has 3 nitrogen and oxygen atoms in total. The summed E-state index contributed by atoms with van der Waals surface area (Å²) in [6.45, 7) is 1.70. The molecular formula is C12H11F3O3. The van der Waals surface area contributed by atoms with E-state index in [9.17, 15) is 18.0 Å². The summed E-state index contributed by atoms with van der Waals surface area (Å²) >= 11 is 0. The van der Waals surface area contributed by atoms with Gasteiger partial charge in [0.2, 0.25) is 0 Å². The Labute approximate surface area is 101 Å². The van der Waals surface area contributed by atoms with Crippen LogP contribution in [-0.4, -0.2) is 17.7 Å². The molecule has 1 aromatic rings. The van der Waals surface area contributed by atoms with Gasteiger partial charge in [0, 0.05) is 6.08 Å². The van der Waals surface area contributed by atoms with Crippen molar-refractivity contribution in [3.8, 4) is 5.75 Å². The molecule has 1 aromatic carbocycles. The van der Waals surface area contributed by atoms with Crippen molar-refractivity contribution >= 4 is 12.0 Å². The quantitative estimate of drug-likeness (QED) is 0.845. The van der Waals surface area contributed by atoms with Gasteiger partial charge in [-0.2, -0.15) is 13.2 Å². The molecule has 6 heteroatoms. The Hall–Kier alpha value is -1.98. The zero-order valence-corrected chi connectivity index (χ0v) is 9.49. The predicted octanol–water partition coefficient (Wildman–Crippen LogP) is 3.20. The Morgan fingerprint density at radius 1 is 1.44 bits per heavy atom. The monoisotopic (exact) mass is 260 g/mol. The molecule has 0 aliphatic rings. The highest BCUT2D eigenvalue weighted by molar-refractivity contribution is 5.85. The van der Waals surface area contributed by atoms with E-state index in [0.717, 1.165) is 18.2 Å². The number of alkyl halides is 3. The standard InChI is InChI=1S/C12H11F3O3/c1-2-18-10-5-3-8(4-6-11(16)17)7-9(10)12(13,14)15/h3-7H,2H2,1H3,(H,16,17). The Kier molecular flexibility index (Phi) is 4.36. The molecule has 0 radical (unpaired) electrons. The number of aliphatic carboxylic acids is 1. The summed E-state index contributed by atoms with van der Waals surface area (Å²) in [6, 6.07) is 3.39. The van der Waals surface area contributed by atoms with Crippen LogP contribution in [0, 0.1) is 0 Å². The van der Waals surface area contributed by atoms with E-state index in [1.165, 1.54) is 12.1 Å². The lowest BCUT2D eigenvalue weighted by atomic mass is 10.1. The van der Waals surface area contributed by atoms with Crippen LogP contribution < -0.4 is 4.74 Å². The topological polar surface area (TPSA) is 46.5 Å². The van der Waals surface area contributed by atoms with Crippen molar-refractivity contribution in [3.05, 3.63) is 35.4 Å². The summed E-state index contributed by atoms with van der Waals surface area (Å²) in [4.78, 5) is 10.3. The maximum Gasteiger partial charge on any atom is 0.419 e. The van der Waals surface area contributed by atoms with Crippen molar-refractivity contribution in [1.82, 2.24) is 0 Å². The van der Waals surface area contributed by atoms with Crippen LogP contribution in [0.1, 0.15) is 18.1 Å². The Balaban J connectivity index is 3.17. The van der Waals surface area contributed by atoms with E-state index in [4.69, 9.17) is 9.84 Å². The van der Waals surface area contributed by atoms with Crippen LogP contribution in [0.5, 0.6) is 5.75 Å². The second-order valence-corrected chi connectivity index (χ2v) is 3.36. The van der Waals surface area contributed by atoms with Gasteiger partial charge in [0.25, 0.3) is 0 Å². The fraction of sp³-hybridized carbons (Fsp3) is 0.250. The van der Waals surface area contributed by atoms with Crippen LogP contribution in [0.3, 0.4) is 0 Å². The molecule has 18 heavy (non-hydrogen) atoms. The van der Waals surface area contributed by atoms with Gasteiger partial charge >= 0.3 is 12.1 Å². The van der Waals surface area contributed by atoms with Crippen molar-refractivity contribution in [3.63, 3.8) is 0 Å². The zero-order chi connectivity index (χ0) is 13.8. The summed E-state index contributed by atoms with van der Waals surface area (Å²) in [5.41, 5.74) is -0.773. The van der Waals surface area contributed by atoms with Gasteiger partial charge in [-0.25, -0.2) is 4.79 Å². The fourth-order valence-corrected chi connectivity index (χ4v) is 1.32. The number of rotatable bonds is 4. The van der Waals surface area contributed by atoms with Crippen LogP contribution in [-0.2, 0) is 11.0 Å². The lowest BCUT2D eigenvalue weighted by Crippen LogP contribution is -2.09. The van der Waals surface area contributed by atoms with Gasteiger partial charge in [0.1, 0.15) is 5.75 Å². The molecule has 1 N–H and O–H groups in total. The van der Waals surface area contributed by atoms with E-state index >= 15 is 0 Å².